The lowest BCUT2D eigenvalue weighted by Crippen LogP contribution is -2.07. The third-order valence-electron chi connectivity index (χ3n) is 2.68. The average molecular weight is 404 g/mol. The molecule has 0 aliphatic carbocycles. The van der Waals surface area contributed by atoms with Crippen molar-refractivity contribution in [3.63, 3.8) is 0 Å². The van der Waals surface area contributed by atoms with E-state index in [1.807, 2.05) is 26.0 Å². The van der Waals surface area contributed by atoms with Crippen LogP contribution in [-0.2, 0) is 0 Å². The monoisotopic (exact) mass is 403 g/mol. The number of aliphatic hydroxyl groups is 1. The largest absolute Gasteiger partial charge is 0.489 e. The van der Waals surface area contributed by atoms with E-state index in [-0.39, 0.29) is 6.10 Å². The quantitative estimate of drug-likeness (QED) is 0.778. The van der Waals surface area contributed by atoms with Gasteiger partial charge in [-0.25, -0.2) is 0 Å². The molecule has 1 heterocycles. The Balaban J connectivity index is 2.28. The van der Waals surface area contributed by atoms with Gasteiger partial charge in [0.15, 0.2) is 0 Å². The van der Waals surface area contributed by atoms with Gasteiger partial charge in [-0.3, -0.25) is 4.98 Å². The fourth-order valence-electron chi connectivity index (χ4n) is 1.80. The maximum absolute atomic E-state index is 10.4. The maximum Gasteiger partial charge on any atom is 0.138 e. The predicted molar refractivity (Wildman–Crippen MR) is 88.2 cm³/mol. The van der Waals surface area contributed by atoms with Crippen molar-refractivity contribution >= 4 is 34.2 Å². The molecule has 1 unspecified atom stereocenters. The van der Waals surface area contributed by atoms with Crippen LogP contribution in [0.4, 0.5) is 0 Å². The number of nitrogens with zero attached hydrogens (tertiary/aromatic N) is 1. The Labute approximate surface area is 137 Å². The second-order valence-corrected chi connectivity index (χ2v) is 6.27. The van der Waals surface area contributed by atoms with Gasteiger partial charge in [0.05, 0.1) is 17.3 Å². The number of benzene rings is 1. The Hall–Kier alpha value is -0.850. The molecular weight excluding hydrogens is 389 g/mol. The van der Waals surface area contributed by atoms with Crippen LogP contribution in [0.25, 0.3) is 0 Å². The molecule has 0 amide bonds. The first-order valence-corrected chi connectivity index (χ1v) is 7.67. The minimum Gasteiger partial charge on any atom is -0.489 e. The summed E-state index contributed by atoms with van der Waals surface area (Å²) < 4.78 is 6.54. The van der Waals surface area contributed by atoms with Gasteiger partial charge in [-0.1, -0.05) is 17.7 Å². The zero-order valence-electron chi connectivity index (χ0n) is 11.2. The van der Waals surface area contributed by atoms with Crippen molar-refractivity contribution in [1.82, 2.24) is 4.98 Å². The Kier molecular flexibility index (Phi) is 5.23. The summed E-state index contributed by atoms with van der Waals surface area (Å²) in [5.74, 6) is 0.646. The van der Waals surface area contributed by atoms with Crippen molar-refractivity contribution in [3.8, 4) is 5.75 Å². The lowest BCUT2D eigenvalue weighted by molar-refractivity contribution is 0.215. The molecule has 0 fully saturated rings. The smallest absolute Gasteiger partial charge is 0.138 e. The van der Waals surface area contributed by atoms with Crippen LogP contribution in [-0.4, -0.2) is 16.2 Å². The standard InChI is InChI=1S/C15H15ClINO2/c1-9(2)20-12-5-11(7-18-8-12)15(19)10-3-4-14(17)13(16)6-10/h3-9,15,19H,1-2H3. The van der Waals surface area contributed by atoms with Crippen LogP contribution >= 0.6 is 34.2 Å². The molecule has 3 nitrogen and oxygen atoms in total. The molecule has 1 atom stereocenters. The third-order valence-corrected chi connectivity index (χ3v) is 4.25. The van der Waals surface area contributed by atoms with Crippen LogP contribution in [0, 0.1) is 3.57 Å². The molecule has 0 aliphatic heterocycles. The molecule has 0 radical (unpaired) electrons. The summed E-state index contributed by atoms with van der Waals surface area (Å²) in [6.45, 7) is 3.89. The van der Waals surface area contributed by atoms with Crippen molar-refractivity contribution in [2.24, 2.45) is 0 Å². The molecule has 106 valence electrons. The first-order chi connectivity index (χ1) is 9.47. The van der Waals surface area contributed by atoms with Crippen molar-refractivity contribution < 1.29 is 9.84 Å². The molecule has 0 bridgehead atoms. The molecule has 0 saturated carbocycles. The summed E-state index contributed by atoms with van der Waals surface area (Å²) in [6, 6.07) is 7.30. The van der Waals surface area contributed by atoms with Crippen LogP contribution in [0.15, 0.2) is 36.7 Å². The molecule has 2 rings (SSSR count). The van der Waals surface area contributed by atoms with Crippen molar-refractivity contribution in [1.29, 1.82) is 0 Å². The zero-order valence-corrected chi connectivity index (χ0v) is 14.1. The van der Waals surface area contributed by atoms with Crippen LogP contribution in [0.2, 0.25) is 5.02 Å². The van der Waals surface area contributed by atoms with Gasteiger partial charge in [0.1, 0.15) is 11.9 Å². The van der Waals surface area contributed by atoms with E-state index in [4.69, 9.17) is 16.3 Å². The van der Waals surface area contributed by atoms with Crippen molar-refractivity contribution in [2.75, 3.05) is 0 Å². The lowest BCUT2D eigenvalue weighted by Gasteiger charge is -2.14. The van der Waals surface area contributed by atoms with Gasteiger partial charge in [-0.2, -0.15) is 0 Å². The number of aromatic nitrogens is 1. The number of aliphatic hydroxyl groups excluding tert-OH is 1. The van der Waals surface area contributed by atoms with E-state index in [1.165, 1.54) is 0 Å². The summed E-state index contributed by atoms with van der Waals surface area (Å²) in [4.78, 5) is 4.10. The summed E-state index contributed by atoms with van der Waals surface area (Å²) in [7, 11) is 0. The number of pyridine rings is 1. The van der Waals surface area contributed by atoms with E-state index in [0.717, 1.165) is 9.13 Å². The highest BCUT2D eigenvalue weighted by atomic mass is 127. The summed E-state index contributed by atoms with van der Waals surface area (Å²) in [5, 5.41) is 11.0. The Morgan fingerprint density at radius 3 is 2.60 bits per heavy atom. The van der Waals surface area contributed by atoms with Gasteiger partial charge in [0, 0.05) is 15.3 Å². The first-order valence-electron chi connectivity index (χ1n) is 6.22. The first kappa shape index (κ1) is 15.5. The molecule has 1 aromatic carbocycles. The Morgan fingerprint density at radius 2 is 1.95 bits per heavy atom. The normalized spacial score (nSPS) is 12.5. The van der Waals surface area contributed by atoms with Crippen molar-refractivity contribution in [3.05, 3.63) is 56.4 Å². The number of rotatable bonds is 4. The van der Waals surface area contributed by atoms with E-state index in [9.17, 15) is 5.11 Å². The summed E-state index contributed by atoms with van der Waals surface area (Å²) in [5.41, 5.74) is 1.42. The van der Waals surface area contributed by atoms with E-state index in [0.29, 0.717) is 16.3 Å². The zero-order chi connectivity index (χ0) is 14.7. The van der Waals surface area contributed by atoms with Gasteiger partial charge < -0.3 is 9.84 Å². The molecule has 0 saturated heterocycles. The number of hydrogen-bond donors (Lipinski definition) is 1. The van der Waals surface area contributed by atoms with Crippen molar-refractivity contribution in [2.45, 2.75) is 26.1 Å². The Morgan fingerprint density at radius 1 is 1.20 bits per heavy atom. The molecule has 0 aliphatic rings. The highest BCUT2D eigenvalue weighted by Crippen LogP contribution is 2.28. The van der Waals surface area contributed by atoms with E-state index >= 15 is 0 Å². The van der Waals surface area contributed by atoms with E-state index in [1.54, 1.807) is 24.5 Å². The molecule has 20 heavy (non-hydrogen) atoms. The number of halogens is 2. The van der Waals surface area contributed by atoms with Crippen LogP contribution in [0.5, 0.6) is 5.75 Å². The van der Waals surface area contributed by atoms with E-state index < -0.39 is 6.10 Å². The fourth-order valence-corrected chi connectivity index (χ4v) is 2.32. The molecule has 5 heteroatoms. The molecule has 1 aromatic heterocycles. The molecule has 1 N–H and O–H groups in total. The van der Waals surface area contributed by atoms with Crippen LogP contribution in [0.3, 0.4) is 0 Å². The second kappa shape index (κ2) is 6.74. The highest BCUT2D eigenvalue weighted by molar-refractivity contribution is 14.1. The predicted octanol–water partition coefficient (Wildman–Crippen LogP) is 4.21. The Bertz CT molecular complexity index is 604. The SMILES string of the molecule is CC(C)Oc1cncc(C(O)c2ccc(I)c(Cl)c2)c1. The van der Waals surface area contributed by atoms with Gasteiger partial charge in [-0.05, 0) is 60.2 Å². The lowest BCUT2D eigenvalue weighted by atomic mass is 10.0. The molecule has 2 aromatic rings. The second-order valence-electron chi connectivity index (χ2n) is 4.70. The summed E-state index contributed by atoms with van der Waals surface area (Å²) in [6.07, 6.45) is 2.56. The van der Waals surface area contributed by atoms with Crippen LogP contribution < -0.4 is 4.74 Å². The fraction of sp³-hybridized carbons (Fsp3) is 0.267. The van der Waals surface area contributed by atoms with Crippen LogP contribution in [0.1, 0.15) is 31.1 Å². The topological polar surface area (TPSA) is 42.4 Å². The summed E-state index contributed by atoms with van der Waals surface area (Å²) >= 11 is 8.24. The number of ether oxygens (including phenoxy) is 1. The molecular formula is C15H15ClINO2. The third kappa shape index (κ3) is 3.84. The average Bonchev–Trinajstić information content (AvgIpc) is 2.40. The van der Waals surface area contributed by atoms with Gasteiger partial charge in [0.25, 0.3) is 0 Å². The minimum absolute atomic E-state index is 0.0666. The van der Waals surface area contributed by atoms with Gasteiger partial charge >= 0.3 is 0 Å². The minimum atomic E-state index is -0.771. The van der Waals surface area contributed by atoms with Gasteiger partial charge in [0.2, 0.25) is 0 Å². The number of hydrogen-bond acceptors (Lipinski definition) is 3. The van der Waals surface area contributed by atoms with Gasteiger partial charge in [-0.15, -0.1) is 0 Å². The maximum atomic E-state index is 10.4. The molecule has 0 spiro atoms. The van der Waals surface area contributed by atoms with E-state index in [2.05, 4.69) is 27.6 Å². The highest BCUT2D eigenvalue weighted by Gasteiger charge is 2.13.